The molecular formula is C14H21ClN2OS. The lowest BCUT2D eigenvalue weighted by atomic mass is 10.1. The van der Waals surface area contributed by atoms with Crippen molar-refractivity contribution < 1.29 is 4.79 Å². The standard InChI is InChI=1S/C14H21ClN2OS/c1-3-7-16-13-6-5-11(15)10-12(13)14(18)17-8-4-9-19-2/h5-6,10,16H,3-4,7-9H2,1-2H3,(H,17,18). The van der Waals surface area contributed by atoms with E-state index < -0.39 is 0 Å². The van der Waals surface area contributed by atoms with Crippen LogP contribution in [0.4, 0.5) is 5.69 Å². The van der Waals surface area contributed by atoms with Gasteiger partial charge in [-0.25, -0.2) is 0 Å². The summed E-state index contributed by atoms with van der Waals surface area (Å²) in [6.45, 7) is 3.62. The number of thioether (sulfide) groups is 1. The molecule has 1 rings (SSSR count). The van der Waals surface area contributed by atoms with Gasteiger partial charge in [0.05, 0.1) is 5.56 Å². The van der Waals surface area contributed by atoms with Crippen molar-refractivity contribution in [3.8, 4) is 0 Å². The molecular weight excluding hydrogens is 280 g/mol. The first kappa shape index (κ1) is 16.2. The molecule has 3 nitrogen and oxygen atoms in total. The average molecular weight is 301 g/mol. The minimum atomic E-state index is -0.0674. The second-order valence-electron chi connectivity index (χ2n) is 4.22. The van der Waals surface area contributed by atoms with Gasteiger partial charge in [0, 0.05) is 23.8 Å². The Morgan fingerprint density at radius 3 is 2.84 bits per heavy atom. The second kappa shape index (κ2) is 9.10. The first-order valence-electron chi connectivity index (χ1n) is 6.49. The fourth-order valence-corrected chi connectivity index (χ4v) is 2.24. The van der Waals surface area contributed by atoms with E-state index in [0.717, 1.165) is 30.8 Å². The molecule has 0 aromatic heterocycles. The highest BCUT2D eigenvalue weighted by Gasteiger charge is 2.11. The SMILES string of the molecule is CCCNc1ccc(Cl)cc1C(=O)NCCCSC. The van der Waals surface area contributed by atoms with Gasteiger partial charge >= 0.3 is 0 Å². The molecule has 2 N–H and O–H groups in total. The normalized spacial score (nSPS) is 10.3. The van der Waals surface area contributed by atoms with Crippen molar-refractivity contribution in [2.45, 2.75) is 19.8 Å². The largest absolute Gasteiger partial charge is 0.384 e. The zero-order chi connectivity index (χ0) is 14.1. The van der Waals surface area contributed by atoms with Gasteiger partial charge in [0.15, 0.2) is 0 Å². The summed E-state index contributed by atoms with van der Waals surface area (Å²) < 4.78 is 0. The van der Waals surface area contributed by atoms with E-state index in [-0.39, 0.29) is 5.91 Å². The van der Waals surface area contributed by atoms with Gasteiger partial charge in [-0.2, -0.15) is 11.8 Å². The lowest BCUT2D eigenvalue weighted by molar-refractivity contribution is 0.0954. The number of hydrogen-bond acceptors (Lipinski definition) is 3. The van der Waals surface area contributed by atoms with Gasteiger partial charge in [0.1, 0.15) is 0 Å². The molecule has 1 aromatic carbocycles. The van der Waals surface area contributed by atoms with Gasteiger partial charge in [-0.05, 0) is 43.0 Å². The molecule has 0 aliphatic carbocycles. The van der Waals surface area contributed by atoms with Crippen LogP contribution in [0.2, 0.25) is 5.02 Å². The van der Waals surface area contributed by atoms with Crippen molar-refractivity contribution in [3.63, 3.8) is 0 Å². The average Bonchev–Trinajstić information content (AvgIpc) is 2.42. The molecule has 0 bridgehead atoms. The Labute approximate surface area is 124 Å². The molecule has 0 radical (unpaired) electrons. The summed E-state index contributed by atoms with van der Waals surface area (Å²) in [6.07, 6.45) is 4.05. The summed E-state index contributed by atoms with van der Waals surface area (Å²) in [5, 5.41) is 6.76. The summed E-state index contributed by atoms with van der Waals surface area (Å²) in [7, 11) is 0. The van der Waals surface area contributed by atoms with E-state index in [1.807, 2.05) is 6.07 Å². The number of halogens is 1. The molecule has 1 amide bonds. The number of amides is 1. The summed E-state index contributed by atoms with van der Waals surface area (Å²) in [5.74, 6) is 0.985. The monoisotopic (exact) mass is 300 g/mol. The minimum absolute atomic E-state index is 0.0674. The predicted molar refractivity (Wildman–Crippen MR) is 85.6 cm³/mol. The number of hydrogen-bond donors (Lipinski definition) is 2. The maximum atomic E-state index is 12.1. The smallest absolute Gasteiger partial charge is 0.253 e. The highest BCUT2D eigenvalue weighted by molar-refractivity contribution is 7.98. The fraction of sp³-hybridized carbons (Fsp3) is 0.500. The molecule has 0 heterocycles. The van der Waals surface area contributed by atoms with E-state index in [4.69, 9.17) is 11.6 Å². The van der Waals surface area contributed by atoms with E-state index >= 15 is 0 Å². The van der Waals surface area contributed by atoms with Crippen LogP contribution in [-0.2, 0) is 0 Å². The first-order chi connectivity index (χ1) is 9.19. The highest BCUT2D eigenvalue weighted by atomic mass is 35.5. The van der Waals surface area contributed by atoms with Crippen LogP contribution >= 0.6 is 23.4 Å². The topological polar surface area (TPSA) is 41.1 Å². The molecule has 0 spiro atoms. The second-order valence-corrected chi connectivity index (χ2v) is 5.64. The van der Waals surface area contributed by atoms with Gasteiger partial charge < -0.3 is 10.6 Å². The van der Waals surface area contributed by atoms with Gasteiger partial charge in [-0.15, -0.1) is 0 Å². The number of carbonyl (C=O) groups excluding carboxylic acids is 1. The van der Waals surface area contributed by atoms with Crippen molar-refractivity contribution in [2.75, 3.05) is 30.4 Å². The van der Waals surface area contributed by atoms with Gasteiger partial charge in [0.25, 0.3) is 5.91 Å². The Bertz CT molecular complexity index is 412. The van der Waals surface area contributed by atoms with E-state index in [9.17, 15) is 4.79 Å². The van der Waals surface area contributed by atoms with Crippen molar-refractivity contribution in [2.24, 2.45) is 0 Å². The third-order valence-electron chi connectivity index (χ3n) is 2.60. The van der Waals surface area contributed by atoms with Gasteiger partial charge in [-0.1, -0.05) is 18.5 Å². The summed E-state index contributed by atoms with van der Waals surface area (Å²) in [5.41, 5.74) is 1.46. The molecule has 0 aliphatic rings. The molecule has 1 aromatic rings. The molecule has 0 saturated heterocycles. The maximum absolute atomic E-state index is 12.1. The zero-order valence-corrected chi connectivity index (χ0v) is 13.0. The number of benzene rings is 1. The van der Waals surface area contributed by atoms with Crippen LogP contribution in [0.3, 0.4) is 0 Å². The Balaban J connectivity index is 2.67. The van der Waals surface area contributed by atoms with Crippen LogP contribution in [-0.4, -0.2) is 31.0 Å². The Morgan fingerprint density at radius 2 is 2.16 bits per heavy atom. The molecule has 0 fully saturated rings. The molecule has 19 heavy (non-hydrogen) atoms. The summed E-state index contributed by atoms with van der Waals surface area (Å²) >= 11 is 7.75. The van der Waals surface area contributed by atoms with E-state index in [0.29, 0.717) is 17.1 Å². The van der Waals surface area contributed by atoms with Crippen LogP contribution in [0.1, 0.15) is 30.1 Å². The molecule has 0 unspecified atom stereocenters. The molecule has 0 atom stereocenters. The van der Waals surface area contributed by atoms with Crippen LogP contribution < -0.4 is 10.6 Å². The quantitative estimate of drug-likeness (QED) is 0.720. The minimum Gasteiger partial charge on any atom is -0.384 e. The van der Waals surface area contributed by atoms with Crippen molar-refractivity contribution >= 4 is 35.0 Å². The maximum Gasteiger partial charge on any atom is 0.253 e. The van der Waals surface area contributed by atoms with Crippen LogP contribution in [0.15, 0.2) is 18.2 Å². The third kappa shape index (κ3) is 5.74. The van der Waals surface area contributed by atoms with Crippen LogP contribution in [0, 0.1) is 0 Å². The number of anilines is 1. The Morgan fingerprint density at radius 1 is 1.37 bits per heavy atom. The van der Waals surface area contributed by atoms with Crippen LogP contribution in [0.25, 0.3) is 0 Å². The Hall–Kier alpha value is -0.870. The summed E-state index contributed by atoms with van der Waals surface area (Å²) in [6, 6.07) is 5.36. The van der Waals surface area contributed by atoms with Crippen molar-refractivity contribution in [3.05, 3.63) is 28.8 Å². The van der Waals surface area contributed by atoms with Crippen molar-refractivity contribution in [1.29, 1.82) is 0 Å². The van der Waals surface area contributed by atoms with E-state index in [1.165, 1.54) is 0 Å². The molecule has 0 saturated carbocycles. The number of nitrogens with one attached hydrogen (secondary N) is 2. The van der Waals surface area contributed by atoms with Crippen LogP contribution in [0.5, 0.6) is 0 Å². The highest BCUT2D eigenvalue weighted by Crippen LogP contribution is 2.20. The fourth-order valence-electron chi connectivity index (χ4n) is 1.63. The lowest BCUT2D eigenvalue weighted by Crippen LogP contribution is -2.25. The third-order valence-corrected chi connectivity index (χ3v) is 3.53. The first-order valence-corrected chi connectivity index (χ1v) is 8.26. The van der Waals surface area contributed by atoms with Gasteiger partial charge in [-0.3, -0.25) is 4.79 Å². The summed E-state index contributed by atoms with van der Waals surface area (Å²) in [4.78, 5) is 12.1. The zero-order valence-electron chi connectivity index (χ0n) is 11.5. The van der Waals surface area contributed by atoms with E-state index in [2.05, 4.69) is 23.8 Å². The number of carbonyl (C=O) groups is 1. The molecule has 0 aliphatic heterocycles. The molecule has 106 valence electrons. The lowest BCUT2D eigenvalue weighted by Gasteiger charge is -2.12. The Kier molecular flexibility index (Phi) is 7.75. The number of rotatable bonds is 8. The predicted octanol–water partition coefficient (Wildman–Crippen LogP) is 3.64. The molecule has 5 heteroatoms. The van der Waals surface area contributed by atoms with Gasteiger partial charge in [0.2, 0.25) is 0 Å². The van der Waals surface area contributed by atoms with Crippen molar-refractivity contribution in [1.82, 2.24) is 5.32 Å². The van der Waals surface area contributed by atoms with E-state index in [1.54, 1.807) is 23.9 Å².